The predicted octanol–water partition coefficient (Wildman–Crippen LogP) is 3.94. The highest BCUT2D eigenvalue weighted by atomic mass is 16.5. The zero-order valence-electron chi connectivity index (χ0n) is 16.8. The number of aromatic nitrogens is 2. The van der Waals surface area contributed by atoms with E-state index in [4.69, 9.17) is 9.15 Å². The number of furan rings is 1. The Morgan fingerprint density at radius 3 is 2.64 bits per heavy atom. The molecule has 0 aliphatic rings. The fourth-order valence-electron chi connectivity index (χ4n) is 2.97. The normalized spacial score (nSPS) is 12.4. The van der Waals surface area contributed by atoms with Crippen molar-refractivity contribution in [1.82, 2.24) is 9.78 Å². The molecule has 0 fully saturated rings. The molecule has 0 saturated heterocycles. The highest BCUT2D eigenvalue weighted by Crippen LogP contribution is 2.25. The number of aryl methyl sites for hydroxylation is 2. The molecule has 1 aromatic carbocycles. The largest absolute Gasteiger partial charge is 0.464 e. The summed E-state index contributed by atoms with van der Waals surface area (Å²) in [7, 11) is 0. The fraction of sp³-hybridized carbons (Fsp3) is 0.381. The molecule has 3 rings (SSSR count). The molecule has 28 heavy (non-hydrogen) atoms. The number of esters is 1. The van der Waals surface area contributed by atoms with Crippen molar-refractivity contribution in [3.8, 4) is 0 Å². The molecule has 1 atom stereocenters. The first kappa shape index (κ1) is 19.7. The van der Waals surface area contributed by atoms with Gasteiger partial charge in [-0.2, -0.15) is 5.10 Å². The first-order valence-electron chi connectivity index (χ1n) is 9.27. The topological polar surface area (TPSA) is 86.4 Å². The Hall–Kier alpha value is -3.09. The van der Waals surface area contributed by atoms with Crippen LogP contribution < -0.4 is 5.32 Å². The summed E-state index contributed by atoms with van der Waals surface area (Å²) in [6, 6.07) is 5.76. The highest BCUT2D eigenvalue weighted by molar-refractivity contribution is 5.95. The van der Waals surface area contributed by atoms with E-state index in [-0.39, 0.29) is 12.5 Å². The monoisotopic (exact) mass is 383 g/mol. The summed E-state index contributed by atoms with van der Waals surface area (Å²) in [5.74, 6) is -0.324. The van der Waals surface area contributed by atoms with E-state index in [1.54, 1.807) is 30.1 Å². The summed E-state index contributed by atoms with van der Waals surface area (Å²) in [5.41, 5.74) is 3.73. The summed E-state index contributed by atoms with van der Waals surface area (Å²) in [6.07, 6.45) is 2.29. The number of nitrogens with one attached hydrogen (secondary N) is 1. The van der Waals surface area contributed by atoms with E-state index in [2.05, 4.69) is 10.4 Å². The molecule has 2 heterocycles. The number of hydrogen-bond donors (Lipinski definition) is 1. The number of nitrogens with zero attached hydrogens (tertiary/aromatic N) is 2. The molecule has 0 saturated carbocycles. The zero-order chi connectivity index (χ0) is 20.4. The SMILES string of the molecule is Cc1cc2occ(CC(=O)O[C@H](C)C(=O)Nc3ccnn3C(C)C)c2cc1C. The van der Waals surface area contributed by atoms with Gasteiger partial charge in [-0.15, -0.1) is 0 Å². The number of benzene rings is 1. The molecular weight excluding hydrogens is 358 g/mol. The van der Waals surface area contributed by atoms with Crippen molar-refractivity contribution in [3.63, 3.8) is 0 Å². The summed E-state index contributed by atoms with van der Waals surface area (Å²) < 4.78 is 12.6. The molecule has 7 nitrogen and oxygen atoms in total. The van der Waals surface area contributed by atoms with E-state index in [1.165, 1.54) is 0 Å². The third-order valence-electron chi connectivity index (χ3n) is 4.69. The van der Waals surface area contributed by atoms with Crippen LogP contribution in [0.1, 0.15) is 43.5 Å². The van der Waals surface area contributed by atoms with Gasteiger partial charge >= 0.3 is 5.97 Å². The summed E-state index contributed by atoms with van der Waals surface area (Å²) in [4.78, 5) is 24.7. The smallest absolute Gasteiger partial charge is 0.311 e. The molecule has 0 spiro atoms. The Bertz CT molecular complexity index is 1020. The maximum Gasteiger partial charge on any atom is 0.311 e. The number of ether oxygens (including phenoxy) is 1. The number of anilines is 1. The lowest BCUT2D eigenvalue weighted by molar-refractivity contribution is -0.152. The Labute approximate surface area is 163 Å². The molecule has 148 valence electrons. The zero-order valence-corrected chi connectivity index (χ0v) is 16.8. The third kappa shape index (κ3) is 4.08. The minimum atomic E-state index is -0.926. The summed E-state index contributed by atoms with van der Waals surface area (Å²) in [6.45, 7) is 9.49. The molecular formula is C21H25N3O4. The van der Waals surface area contributed by atoms with E-state index in [9.17, 15) is 9.59 Å². The van der Waals surface area contributed by atoms with Crippen LogP contribution in [-0.4, -0.2) is 27.8 Å². The van der Waals surface area contributed by atoms with Gasteiger partial charge < -0.3 is 14.5 Å². The molecule has 1 N–H and O–H groups in total. The van der Waals surface area contributed by atoms with Gasteiger partial charge in [0.05, 0.1) is 18.9 Å². The Kier molecular flexibility index (Phi) is 5.53. The predicted molar refractivity (Wildman–Crippen MR) is 106 cm³/mol. The van der Waals surface area contributed by atoms with E-state index in [1.807, 2.05) is 39.8 Å². The lowest BCUT2D eigenvalue weighted by Crippen LogP contribution is -2.31. The first-order chi connectivity index (χ1) is 13.3. The lowest BCUT2D eigenvalue weighted by atomic mass is 10.0. The van der Waals surface area contributed by atoms with Gasteiger partial charge in [0.1, 0.15) is 11.4 Å². The van der Waals surface area contributed by atoms with Crippen molar-refractivity contribution >= 4 is 28.7 Å². The lowest BCUT2D eigenvalue weighted by Gasteiger charge is -2.15. The second kappa shape index (κ2) is 7.88. The van der Waals surface area contributed by atoms with Gasteiger partial charge in [0.15, 0.2) is 6.10 Å². The number of carbonyl (C=O) groups excluding carboxylic acids is 2. The number of hydrogen-bond acceptors (Lipinski definition) is 5. The van der Waals surface area contributed by atoms with E-state index in [0.717, 1.165) is 27.7 Å². The van der Waals surface area contributed by atoms with Crippen LogP contribution in [-0.2, 0) is 20.7 Å². The van der Waals surface area contributed by atoms with Gasteiger partial charge in [-0.3, -0.25) is 9.59 Å². The Morgan fingerprint density at radius 2 is 1.93 bits per heavy atom. The van der Waals surface area contributed by atoms with Crippen LogP contribution in [0.2, 0.25) is 0 Å². The average Bonchev–Trinajstić information content (AvgIpc) is 3.23. The maximum absolute atomic E-state index is 12.4. The molecule has 3 aromatic rings. The van der Waals surface area contributed by atoms with Crippen molar-refractivity contribution < 1.29 is 18.7 Å². The molecule has 1 amide bonds. The van der Waals surface area contributed by atoms with E-state index < -0.39 is 18.0 Å². The molecule has 2 aromatic heterocycles. The van der Waals surface area contributed by atoms with Crippen molar-refractivity contribution in [1.29, 1.82) is 0 Å². The summed E-state index contributed by atoms with van der Waals surface area (Å²) >= 11 is 0. The quantitative estimate of drug-likeness (QED) is 0.652. The van der Waals surface area contributed by atoms with Crippen molar-refractivity contribution in [2.24, 2.45) is 0 Å². The molecule has 0 radical (unpaired) electrons. The Morgan fingerprint density at radius 1 is 1.21 bits per heavy atom. The second-order valence-corrected chi connectivity index (χ2v) is 7.25. The van der Waals surface area contributed by atoms with Gasteiger partial charge in [0, 0.05) is 23.1 Å². The minimum Gasteiger partial charge on any atom is -0.464 e. The molecule has 0 aliphatic carbocycles. The maximum atomic E-state index is 12.4. The van der Waals surface area contributed by atoms with E-state index >= 15 is 0 Å². The van der Waals surface area contributed by atoms with Crippen molar-refractivity contribution in [3.05, 3.63) is 47.3 Å². The average molecular weight is 383 g/mol. The number of amides is 1. The van der Waals surface area contributed by atoms with Gasteiger partial charge in [-0.25, -0.2) is 4.68 Å². The van der Waals surface area contributed by atoms with Crippen LogP contribution >= 0.6 is 0 Å². The Balaban J connectivity index is 1.63. The summed E-state index contributed by atoms with van der Waals surface area (Å²) in [5, 5.41) is 7.80. The molecule has 7 heteroatoms. The van der Waals surface area contributed by atoms with Crippen molar-refractivity contribution in [2.45, 2.75) is 53.2 Å². The standard InChI is InChI=1S/C21H25N3O4/c1-12(2)24-19(6-7-22-24)23-21(26)15(5)28-20(25)10-16-11-27-18-9-14(4)13(3)8-17(16)18/h6-9,11-12,15H,10H2,1-5H3,(H,23,26)/t15-/m1/s1. The third-order valence-corrected chi connectivity index (χ3v) is 4.69. The van der Waals surface area contributed by atoms with E-state index in [0.29, 0.717) is 5.82 Å². The van der Waals surface area contributed by atoms with Crippen LogP contribution in [0.15, 0.2) is 35.1 Å². The van der Waals surface area contributed by atoms with Crippen LogP contribution in [0.5, 0.6) is 0 Å². The fourth-order valence-corrected chi connectivity index (χ4v) is 2.97. The molecule has 0 bridgehead atoms. The van der Waals surface area contributed by atoms with Crippen LogP contribution in [0.4, 0.5) is 5.82 Å². The molecule has 0 aliphatic heterocycles. The number of rotatable bonds is 6. The van der Waals surface area contributed by atoms with Gasteiger partial charge in [-0.05, 0) is 57.9 Å². The van der Waals surface area contributed by atoms with Crippen molar-refractivity contribution in [2.75, 3.05) is 5.32 Å². The van der Waals surface area contributed by atoms with Crippen LogP contribution in [0.25, 0.3) is 11.0 Å². The van der Waals surface area contributed by atoms with Gasteiger partial charge in [0.25, 0.3) is 5.91 Å². The van der Waals surface area contributed by atoms with Crippen LogP contribution in [0, 0.1) is 13.8 Å². The van der Waals surface area contributed by atoms with Gasteiger partial charge in [0.2, 0.25) is 0 Å². The molecule has 0 unspecified atom stereocenters. The first-order valence-corrected chi connectivity index (χ1v) is 9.27. The van der Waals surface area contributed by atoms with Gasteiger partial charge in [-0.1, -0.05) is 0 Å². The minimum absolute atomic E-state index is 0.0387. The highest BCUT2D eigenvalue weighted by Gasteiger charge is 2.21. The number of fused-ring (bicyclic) bond motifs is 1. The van der Waals surface area contributed by atoms with Crippen LogP contribution in [0.3, 0.4) is 0 Å². The second-order valence-electron chi connectivity index (χ2n) is 7.25. The number of carbonyl (C=O) groups is 2.